The molecule has 0 aromatic heterocycles. The van der Waals surface area contributed by atoms with Crippen molar-refractivity contribution in [3.63, 3.8) is 0 Å². The Balaban J connectivity index is 2.09. The Morgan fingerprint density at radius 3 is 2.68 bits per heavy atom. The molecule has 0 spiro atoms. The van der Waals surface area contributed by atoms with E-state index in [0.717, 1.165) is 0 Å². The van der Waals surface area contributed by atoms with Crippen molar-refractivity contribution in [3.05, 3.63) is 0 Å². The molecule has 106 valence electrons. The molecule has 0 aromatic carbocycles. The lowest BCUT2D eigenvalue weighted by Crippen LogP contribution is -2.45. The van der Waals surface area contributed by atoms with Gasteiger partial charge in [0.15, 0.2) is 0 Å². The zero-order valence-electron chi connectivity index (χ0n) is 11.6. The minimum Gasteiger partial charge on any atom is -0.466 e. The normalized spacial score (nSPS) is 26.8. The van der Waals surface area contributed by atoms with E-state index >= 15 is 0 Å². The summed E-state index contributed by atoms with van der Waals surface area (Å²) in [4.78, 5) is 37.3. The van der Waals surface area contributed by atoms with E-state index in [1.54, 1.807) is 20.8 Å². The molecule has 0 unspecified atom stereocenters. The molecule has 0 saturated carbocycles. The molecule has 0 aromatic rings. The quantitative estimate of drug-likeness (QED) is 0.570. The predicted molar refractivity (Wildman–Crippen MR) is 67.0 cm³/mol. The van der Waals surface area contributed by atoms with Crippen molar-refractivity contribution in [2.45, 2.75) is 33.2 Å². The van der Waals surface area contributed by atoms with E-state index in [4.69, 9.17) is 4.74 Å². The van der Waals surface area contributed by atoms with Crippen LogP contribution in [0.3, 0.4) is 0 Å². The van der Waals surface area contributed by atoms with Crippen LogP contribution in [0.15, 0.2) is 0 Å². The Morgan fingerprint density at radius 1 is 1.42 bits per heavy atom. The maximum Gasteiger partial charge on any atom is 0.313 e. The Labute approximate surface area is 112 Å². The van der Waals surface area contributed by atoms with Crippen LogP contribution in [0.1, 0.15) is 27.2 Å². The summed E-state index contributed by atoms with van der Waals surface area (Å²) in [6, 6.07) is -0.398. The van der Waals surface area contributed by atoms with Crippen LogP contribution in [0.25, 0.3) is 0 Å². The molecule has 2 aliphatic heterocycles. The lowest BCUT2D eigenvalue weighted by Gasteiger charge is -2.27. The molecule has 0 aliphatic carbocycles. The molecule has 2 heterocycles. The standard InChI is InChI=1S/C13H20N2O4/c1-4-19-12(18)13(2,3)7-15-10(16)8-5-6-14-9(8)11(15)17/h8-9,14H,4-7H2,1-3H3/t8-,9+/m1/s1. The summed E-state index contributed by atoms with van der Waals surface area (Å²) >= 11 is 0. The third-order valence-corrected chi connectivity index (χ3v) is 3.72. The van der Waals surface area contributed by atoms with Crippen LogP contribution in [0.4, 0.5) is 0 Å². The first kappa shape index (κ1) is 14.0. The monoisotopic (exact) mass is 268 g/mol. The van der Waals surface area contributed by atoms with E-state index < -0.39 is 11.5 Å². The summed E-state index contributed by atoms with van der Waals surface area (Å²) in [7, 11) is 0. The second kappa shape index (κ2) is 4.92. The van der Waals surface area contributed by atoms with Gasteiger partial charge in [0, 0.05) is 6.54 Å². The van der Waals surface area contributed by atoms with Crippen LogP contribution >= 0.6 is 0 Å². The zero-order chi connectivity index (χ0) is 14.2. The molecule has 1 N–H and O–H groups in total. The van der Waals surface area contributed by atoms with Crippen LogP contribution in [0.2, 0.25) is 0 Å². The minimum atomic E-state index is -0.875. The molecule has 2 fully saturated rings. The number of carbonyl (C=O) groups is 3. The second-order valence-corrected chi connectivity index (χ2v) is 5.69. The number of hydrogen-bond donors (Lipinski definition) is 1. The highest BCUT2D eigenvalue weighted by molar-refractivity contribution is 6.07. The van der Waals surface area contributed by atoms with Gasteiger partial charge in [-0.2, -0.15) is 0 Å². The summed E-state index contributed by atoms with van der Waals surface area (Å²) in [5.74, 6) is -1.03. The van der Waals surface area contributed by atoms with Crippen LogP contribution in [0.5, 0.6) is 0 Å². The highest BCUT2D eigenvalue weighted by atomic mass is 16.5. The molecular formula is C13H20N2O4. The number of nitrogens with zero attached hydrogens (tertiary/aromatic N) is 1. The smallest absolute Gasteiger partial charge is 0.313 e. The summed E-state index contributed by atoms with van der Waals surface area (Å²) < 4.78 is 4.98. The first-order chi connectivity index (χ1) is 8.88. The second-order valence-electron chi connectivity index (χ2n) is 5.69. The summed E-state index contributed by atoms with van der Waals surface area (Å²) in [5.41, 5.74) is -0.875. The van der Waals surface area contributed by atoms with E-state index in [-0.39, 0.29) is 36.9 Å². The van der Waals surface area contributed by atoms with Crippen molar-refractivity contribution in [3.8, 4) is 0 Å². The van der Waals surface area contributed by atoms with E-state index in [2.05, 4.69) is 5.32 Å². The van der Waals surface area contributed by atoms with E-state index in [9.17, 15) is 14.4 Å². The number of nitrogens with one attached hydrogen (secondary N) is 1. The molecule has 19 heavy (non-hydrogen) atoms. The van der Waals surface area contributed by atoms with Crippen molar-refractivity contribution in [2.24, 2.45) is 11.3 Å². The molecule has 2 atom stereocenters. The van der Waals surface area contributed by atoms with E-state index in [1.807, 2.05) is 0 Å². The van der Waals surface area contributed by atoms with Gasteiger partial charge in [0.2, 0.25) is 11.8 Å². The zero-order valence-corrected chi connectivity index (χ0v) is 11.6. The topological polar surface area (TPSA) is 75.7 Å². The maximum atomic E-state index is 12.2. The molecule has 2 aliphatic rings. The Kier molecular flexibility index (Phi) is 3.62. The van der Waals surface area contributed by atoms with Gasteiger partial charge in [-0.05, 0) is 33.7 Å². The highest BCUT2D eigenvalue weighted by Crippen LogP contribution is 2.30. The van der Waals surface area contributed by atoms with Gasteiger partial charge in [0.25, 0.3) is 0 Å². The SMILES string of the molecule is CCOC(=O)C(C)(C)CN1C(=O)[C@H]2NCC[C@H]2C1=O. The fourth-order valence-corrected chi connectivity index (χ4v) is 2.65. The average molecular weight is 268 g/mol. The number of fused-ring (bicyclic) bond motifs is 1. The largest absolute Gasteiger partial charge is 0.466 e. The third-order valence-electron chi connectivity index (χ3n) is 3.72. The van der Waals surface area contributed by atoms with Crippen molar-refractivity contribution in [1.29, 1.82) is 0 Å². The number of imide groups is 1. The van der Waals surface area contributed by atoms with Gasteiger partial charge < -0.3 is 10.1 Å². The molecule has 6 nitrogen and oxygen atoms in total. The van der Waals surface area contributed by atoms with Gasteiger partial charge in [0.1, 0.15) is 0 Å². The predicted octanol–water partition coefficient (Wildman–Crippen LogP) is -0.0774. The number of rotatable bonds is 4. The van der Waals surface area contributed by atoms with Crippen molar-refractivity contribution in [1.82, 2.24) is 10.2 Å². The molecule has 2 amide bonds. The number of esters is 1. The van der Waals surface area contributed by atoms with Gasteiger partial charge in [0.05, 0.1) is 24.0 Å². The van der Waals surface area contributed by atoms with Crippen LogP contribution in [-0.4, -0.2) is 48.4 Å². The molecule has 2 saturated heterocycles. The fourth-order valence-electron chi connectivity index (χ4n) is 2.65. The number of carbonyl (C=O) groups excluding carboxylic acids is 3. The number of amides is 2. The van der Waals surface area contributed by atoms with Crippen molar-refractivity contribution >= 4 is 17.8 Å². The Hall–Kier alpha value is -1.43. The van der Waals surface area contributed by atoms with Crippen LogP contribution < -0.4 is 5.32 Å². The third kappa shape index (κ3) is 2.36. The highest BCUT2D eigenvalue weighted by Gasteiger charge is 2.51. The van der Waals surface area contributed by atoms with Crippen molar-refractivity contribution in [2.75, 3.05) is 19.7 Å². The molecule has 2 rings (SSSR count). The lowest BCUT2D eigenvalue weighted by molar-refractivity contribution is -0.156. The van der Waals surface area contributed by atoms with E-state index in [1.165, 1.54) is 4.90 Å². The van der Waals surface area contributed by atoms with Gasteiger partial charge in [-0.3, -0.25) is 19.3 Å². The lowest BCUT2D eigenvalue weighted by atomic mass is 9.93. The first-order valence-electron chi connectivity index (χ1n) is 6.64. The Bertz CT molecular complexity index is 397. The summed E-state index contributed by atoms with van der Waals surface area (Å²) in [6.45, 7) is 6.17. The van der Waals surface area contributed by atoms with Gasteiger partial charge in [-0.15, -0.1) is 0 Å². The first-order valence-corrected chi connectivity index (χ1v) is 6.64. The minimum absolute atomic E-state index is 0.0815. The number of ether oxygens (including phenoxy) is 1. The molecule has 0 bridgehead atoms. The number of likely N-dealkylation sites (tertiary alicyclic amines) is 1. The van der Waals surface area contributed by atoms with Gasteiger partial charge >= 0.3 is 5.97 Å². The Morgan fingerprint density at radius 2 is 2.11 bits per heavy atom. The molecule has 0 radical (unpaired) electrons. The molecular weight excluding hydrogens is 248 g/mol. The number of hydrogen-bond acceptors (Lipinski definition) is 5. The van der Waals surface area contributed by atoms with Crippen LogP contribution in [-0.2, 0) is 19.1 Å². The van der Waals surface area contributed by atoms with E-state index in [0.29, 0.717) is 13.0 Å². The maximum absolute atomic E-state index is 12.2. The summed E-state index contributed by atoms with van der Waals surface area (Å²) in [6.07, 6.45) is 0.686. The van der Waals surface area contributed by atoms with Crippen molar-refractivity contribution < 1.29 is 19.1 Å². The van der Waals surface area contributed by atoms with Gasteiger partial charge in [-0.1, -0.05) is 0 Å². The van der Waals surface area contributed by atoms with Gasteiger partial charge in [-0.25, -0.2) is 0 Å². The average Bonchev–Trinajstić information content (AvgIpc) is 2.90. The fraction of sp³-hybridized carbons (Fsp3) is 0.769. The summed E-state index contributed by atoms with van der Waals surface area (Å²) in [5, 5.41) is 3.04. The van der Waals surface area contributed by atoms with Crippen LogP contribution in [0, 0.1) is 11.3 Å². The molecule has 6 heteroatoms.